The molecule has 0 saturated carbocycles. The summed E-state index contributed by atoms with van der Waals surface area (Å²) >= 11 is 0. The molecule has 0 aliphatic carbocycles. The van der Waals surface area contributed by atoms with E-state index in [2.05, 4.69) is 25.2 Å². The topological polar surface area (TPSA) is 83.5 Å². The minimum Gasteiger partial charge on any atom is -0.493 e. The summed E-state index contributed by atoms with van der Waals surface area (Å²) in [4.78, 5) is 30.9. The van der Waals surface area contributed by atoms with E-state index in [-0.39, 0.29) is 12.5 Å². The van der Waals surface area contributed by atoms with Gasteiger partial charge in [-0.05, 0) is 36.6 Å². The van der Waals surface area contributed by atoms with Crippen LogP contribution in [0.1, 0.15) is 35.9 Å². The highest BCUT2D eigenvalue weighted by atomic mass is 16.5. The zero-order chi connectivity index (χ0) is 21.8. The van der Waals surface area contributed by atoms with Gasteiger partial charge in [0.2, 0.25) is 11.9 Å². The number of aromatic nitrogens is 3. The smallest absolute Gasteiger partial charge is 0.256 e. The molecule has 0 atom stereocenters. The Labute approximate surface area is 182 Å². The van der Waals surface area contributed by atoms with Gasteiger partial charge in [-0.3, -0.25) is 4.79 Å². The fourth-order valence-corrected chi connectivity index (χ4v) is 3.74. The maximum Gasteiger partial charge on any atom is 0.256 e. The average molecular weight is 421 g/mol. The molecule has 8 heteroatoms. The van der Waals surface area contributed by atoms with E-state index in [0.717, 1.165) is 36.7 Å². The van der Waals surface area contributed by atoms with Gasteiger partial charge < -0.3 is 19.9 Å². The Balaban J connectivity index is 1.61. The van der Waals surface area contributed by atoms with Crippen molar-refractivity contribution in [3.8, 4) is 5.75 Å². The molecule has 1 saturated heterocycles. The van der Waals surface area contributed by atoms with Gasteiger partial charge in [-0.15, -0.1) is 0 Å². The second kappa shape index (κ2) is 9.16. The second-order valence-corrected chi connectivity index (χ2v) is 7.72. The summed E-state index contributed by atoms with van der Waals surface area (Å²) in [6, 6.07) is 11.6. The number of fused-ring (bicyclic) bond motifs is 1. The number of benzene rings is 2. The molecule has 2 heterocycles. The van der Waals surface area contributed by atoms with Crippen molar-refractivity contribution in [3.63, 3.8) is 0 Å². The lowest BCUT2D eigenvalue weighted by atomic mass is 10.0. The third-order valence-corrected chi connectivity index (χ3v) is 5.27. The lowest BCUT2D eigenvalue weighted by Crippen LogP contribution is -2.28. The van der Waals surface area contributed by atoms with E-state index < -0.39 is 0 Å². The SMILES string of the molecule is CCOc1ccc2ccccc2c1C(=O)NCc1nc(N(C)C)nc(N2CCCC2)n1. The van der Waals surface area contributed by atoms with Crippen molar-refractivity contribution in [1.82, 2.24) is 20.3 Å². The molecule has 8 nitrogen and oxygen atoms in total. The van der Waals surface area contributed by atoms with Gasteiger partial charge in [-0.25, -0.2) is 0 Å². The van der Waals surface area contributed by atoms with Crippen molar-refractivity contribution >= 4 is 28.6 Å². The van der Waals surface area contributed by atoms with Gasteiger partial charge in [0.15, 0.2) is 5.82 Å². The van der Waals surface area contributed by atoms with Crippen LogP contribution in [-0.4, -0.2) is 54.7 Å². The minimum atomic E-state index is -0.213. The van der Waals surface area contributed by atoms with E-state index in [4.69, 9.17) is 4.74 Å². The van der Waals surface area contributed by atoms with E-state index in [1.54, 1.807) is 0 Å². The molecule has 1 aliphatic rings. The average Bonchev–Trinajstić information content (AvgIpc) is 3.32. The molecule has 162 valence electrons. The first-order chi connectivity index (χ1) is 15.1. The molecule has 0 unspecified atom stereocenters. The van der Waals surface area contributed by atoms with Crippen LogP contribution in [0.15, 0.2) is 36.4 Å². The number of rotatable bonds is 7. The van der Waals surface area contributed by atoms with Crippen LogP contribution in [0.2, 0.25) is 0 Å². The van der Waals surface area contributed by atoms with Crippen LogP contribution in [0, 0.1) is 0 Å². The Morgan fingerprint density at radius 1 is 1.10 bits per heavy atom. The maximum atomic E-state index is 13.2. The number of anilines is 2. The van der Waals surface area contributed by atoms with Crippen molar-refractivity contribution < 1.29 is 9.53 Å². The van der Waals surface area contributed by atoms with Crippen molar-refractivity contribution in [2.24, 2.45) is 0 Å². The molecule has 1 aliphatic heterocycles. The molecule has 1 amide bonds. The largest absolute Gasteiger partial charge is 0.493 e. The molecule has 1 aromatic heterocycles. The van der Waals surface area contributed by atoms with Crippen molar-refractivity contribution in [2.75, 3.05) is 43.6 Å². The van der Waals surface area contributed by atoms with Gasteiger partial charge in [-0.2, -0.15) is 15.0 Å². The fourth-order valence-electron chi connectivity index (χ4n) is 3.74. The number of nitrogens with zero attached hydrogens (tertiary/aromatic N) is 5. The molecule has 0 bridgehead atoms. The molecule has 2 aromatic carbocycles. The quantitative estimate of drug-likeness (QED) is 0.629. The maximum absolute atomic E-state index is 13.2. The number of ether oxygens (including phenoxy) is 1. The molecular formula is C23H28N6O2. The summed E-state index contributed by atoms with van der Waals surface area (Å²) < 4.78 is 5.74. The van der Waals surface area contributed by atoms with Gasteiger partial charge in [0.05, 0.1) is 18.7 Å². The van der Waals surface area contributed by atoms with Crippen molar-refractivity contribution in [1.29, 1.82) is 0 Å². The summed E-state index contributed by atoms with van der Waals surface area (Å²) in [5, 5.41) is 4.82. The summed E-state index contributed by atoms with van der Waals surface area (Å²) in [5.74, 6) is 2.14. The first-order valence-electron chi connectivity index (χ1n) is 10.7. The minimum absolute atomic E-state index is 0.206. The summed E-state index contributed by atoms with van der Waals surface area (Å²) in [5.41, 5.74) is 0.529. The van der Waals surface area contributed by atoms with E-state index in [1.165, 1.54) is 0 Å². The third kappa shape index (κ3) is 4.52. The van der Waals surface area contributed by atoms with Crippen LogP contribution < -0.4 is 19.9 Å². The van der Waals surface area contributed by atoms with E-state index in [0.29, 0.717) is 35.6 Å². The second-order valence-electron chi connectivity index (χ2n) is 7.72. The number of hydrogen-bond donors (Lipinski definition) is 1. The van der Waals surface area contributed by atoms with E-state index in [1.807, 2.05) is 62.3 Å². The predicted octanol–water partition coefficient (Wildman–Crippen LogP) is 3.02. The molecule has 1 N–H and O–H groups in total. The third-order valence-electron chi connectivity index (χ3n) is 5.27. The fraction of sp³-hybridized carbons (Fsp3) is 0.391. The van der Waals surface area contributed by atoms with Gasteiger partial charge in [0.1, 0.15) is 5.75 Å². The Morgan fingerprint density at radius 3 is 2.61 bits per heavy atom. The van der Waals surface area contributed by atoms with Crippen LogP contribution in [0.3, 0.4) is 0 Å². The lowest BCUT2D eigenvalue weighted by Gasteiger charge is -2.19. The predicted molar refractivity (Wildman–Crippen MR) is 122 cm³/mol. The summed E-state index contributed by atoms with van der Waals surface area (Å²) in [6.45, 7) is 4.48. The lowest BCUT2D eigenvalue weighted by molar-refractivity contribution is 0.0948. The van der Waals surface area contributed by atoms with Crippen molar-refractivity contribution in [3.05, 3.63) is 47.8 Å². The molecule has 3 aromatic rings. The molecule has 31 heavy (non-hydrogen) atoms. The Kier molecular flexibility index (Phi) is 6.16. The highest BCUT2D eigenvalue weighted by Gasteiger charge is 2.20. The van der Waals surface area contributed by atoms with Gasteiger partial charge in [0, 0.05) is 27.2 Å². The number of amides is 1. The van der Waals surface area contributed by atoms with Crippen LogP contribution >= 0.6 is 0 Å². The monoisotopic (exact) mass is 420 g/mol. The molecule has 1 fully saturated rings. The number of hydrogen-bond acceptors (Lipinski definition) is 7. The molecule has 0 radical (unpaired) electrons. The summed E-state index contributed by atoms with van der Waals surface area (Å²) in [7, 11) is 3.80. The van der Waals surface area contributed by atoms with Gasteiger partial charge >= 0.3 is 0 Å². The summed E-state index contributed by atoms with van der Waals surface area (Å²) in [6.07, 6.45) is 2.27. The van der Waals surface area contributed by atoms with Crippen LogP contribution in [0.5, 0.6) is 5.75 Å². The Bertz CT molecular complexity index is 1080. The van der Waals surface area contributed by atoms with E-state index >= 15 is 0 Å². The highest BCUT2D eigenvalue weighted by Crippen LogP contribution is 2.28. The van der Waals surface area contributed by atoms with Crippen molar-refractivity contribution in [2.45, 2.75) is 26.3 Å². The first-order valence-corrected chi connectivity index (χ1v) is 10.7. The standard InChI is InChI=1S/C23H28N6O2/c1-4-31-18-12-11-16-9-5-6-10-17(16)20(18)21(30)24-15-19-25-22(28(2)3)27-23(26-19)29-13-7-8-14-29/h5-6,9-12H,4,7-8,13-15H2,1-3H3,(H,24,30). The van der Waals surface area contributed by atoms with E-state index in [9.17, 15) is 4.79 Å². The highest BCUT2D eigenvalue weighted by molar-refractivity contribution is 6.09. The number of carbonyl (C=O) groups excluding carboxylic acids is 1. The Morgan fingerprint density at radius 2 is 1.87 bits per heavy atom. The molecule has 0 spiro atoms. The molecular weight excluding hydrogens is 392 g/mol. The van der Waals surface area contributed by atoms with Gasteiger partial charge in [-0.1, -0.05) is 30.3 Å². The Hall–Kier alpha value is -3.42. The van der Waals surface area contributed by atoms with Crippen LogP contribution in [0.25, 0.3) is 10.8 Å². The van der Waals surface area contributed by atoms with Crippen LogP contribution in [0.4, 0.5) is 11.9 Å². The number of carbonyl (C=O) groups is 1. The zero-order valence-corrected chi connectivity index (χ0v) is 18.3. The number of nitrogens with one attached hydrogen (secondary N) is 1. The first kappa shape index (κ1) is 20.8. The van der Waals surface area contributed by atoms with Crippen LogP contribution in [-0.2, 0) is 6.54 Å². The normalized spacial score (nSPS) is 13.5. The molecule has 4 rings (SSSR count). The van der Waals surface area contributed by atoms with Gasteiger partial charge in [0.25, 0.3) is 5.91 Å². The zero-order valence-electron chi connectivity index (χ0n) is 18.3.